The van der Waals surface area contributed by atoms with E-state index in [0.29, 0.717) is 0 Å². The molecule has 1 aliphatic heterocycles. The van der Waals surface area contributed by atoms with Gasteiger partial charge >= 0.3 is 0 Å². The van der Waals surface area contributed by atoms with Crippen molar-refractivity contribution < 1.29 is 0 Å². The molecule has 1 aromatic heterocycles. The van der Waals surface area contributed by atoms with Gasteiger partial charge in [-0.15, -0.1) is 0 Å². The van der Waals surface area contributed by atoms with Crippen molar-refractivity contribution >= 4 is 59.8 Å². The summed E-state index contributed by atoms with van der Waals surface area (Å²) in [4.78, 5) is 0. The van der Waals surface area contributed by atoms with Crippen molar-refractivity contribution in [2.24, 2.45) is 0 Å². The third-order valence-corrected chi connectivity index (χ3v) is 11.9. The Morgan fingerprint density at radius 1 is 0.453 bits per heavy atom. The standard InChI is InChI=1S/C51H36N2/c1-51(36-16-6-3-7-17-36)48-46(52-50(51)34-14-4-2-5-15-34)31-30-44-43-22-12-13-23-47(43)53(49(44)48)37-27-24-33(25-28-37)35-26-29-42-40-20-9-8-18-38(40)39-19-10-11-21-41(39)45(42)32-35/h2-32,50,52H,1H3. The second-order valence-electron chi connectivity index (χ2n) is 14.7. The molecule has 10 aromatic rings. The molecule has 2 heterocycles. The fraction of sp³-hybridized carbons (Fsp3) is 0.0588. The average molecular weight is 677 g/mol. The van der Waals surface area contributed by atoms with Crippen molar-refractivity contribution in [1.29, 1.82) is 0 Å². The molecule has 0 spiro atoms. The number of hydrogen-bond acceptors (Lipinski definition) is 1. The van der Waals surface area contributed by atoms with Crippen LogP contribution in [0.25, 0.3) is 70.9 Å². The number of para-hydroxylation sites is 1. The molecule has 2 nitrogen and oxygen atoms in total. The Bertz CT molecular complexity index is 3000. The lowest BCUT2D eigenvalue weighted by molar-refractivity contribution is 0.516. The predicted octanol–water partition coefficient (Wildman–Crippen LogP) is 13.4. The van der Waals surface area contributed by atoms with Crippen LogP contribution in [0.5, 0.6) is 0 Å². The Morgan fingerprint density at radius 3 is 1.66 bits per heavy atom. The van der Waals surface area contributed by atoms with E-state index in [0.717, 1.165) is 5.69 Å². The number of aromatic nitrogens is 1. The molecule has 0 amide bonds. The van der Waals surface area contributed by atoms with Crippen LogP contribution in [0.4, 0.5) is 5.69 Å². The summed E-state index contributed by atoms with van der Waals surface area (Å²) >= 11 is 0. The van der Waals surface area contributed by atoms with Gasteiger partial charge in [-0.1, -0.05) is 158 Å². The van der Waals surface area contributed by atoms with Crippen LogP contribution in [0.3, 0.4) is 0 Å². The van der Waals surface area contributed by atoms with Gasteiger partial charge < -0.3 is 9.88 Å². The van der Waals surface area contributed by atoms with Gasteiger partial charge in [0, 0.05) is 33.1 Å². The van der Waals surface area contributed by atoms with Crippen LogP contribution in [0.15, 0.2) is 188 Å². The van der Waals surface area contributed by atoms with Gasteiger partial charge in [-0.05, 0) is 91.8 Å². The second-order valence-corrected chi connectivity index (χ2v) is 14.7. The van der Waals surface area contributed by atoms with Crippen LogP contribution in [0, 0.1) is 0 Å². The molecule has 0 aliphatic carbocycles. The topological polar surface area (TPSA) is 17.0 Å². The van der Waals surface area contributed by atoms with Gasteiger partial charge in [-0.3, -0.25) is 0 Å². The minimum absolute atomic E-state index is 0.0710. The zero-order valence-electron chi connectivity index (χ0n) is 29.4. The van der Waals surface area contributed by atoms with Crippen molar-refractivity contribution in [2.45, 2.75) is 18.4 Å². The number of nitrogens with one attached hydrogen (secondary N) is 1. The van der Waals surface area contributed by atoms with E-state index in [1.165, 1.54) is 87.6 Å². The minimum atomic E-state index is -0.332. The van der Waals surface area contributed by atoms with E-state index in [9.17, 15) is 0 Å². The molecule has 2 unspecified atom stereocenters. The number of benzene rings is 9. The van der Waals surface area contributed by atoms with Crippen LogP contribution in [0.2, 0.25) is 0 Å². The highest BCUT2D eigenvalue weighted by Gasteiger charge is 2.47. The van der Waals surface area contributed by atoms with Crippen LogP contribution in [-0.4, -0.2) is 4.57 Å². The van der Waals surface area contributed by atoms with Crippen molar-refractivity contribution in [3.05, 3.63) is 205 Å². The molecule has 0 radical (unpaired) electrons. The van der Waals surface area contributed by atoms with Crippen LogP contribution in [-0.2, 0) is 5.41 Å². The fourth-order valence-corrected chi connectivity index (χ4v) is 9.46. The first-order chi connectivity index (χ1) is 26.2. The monoisotopic (exact) mass is 676 g/mol. The van der Waals surface area contributed by atoms with Gasteiger partial charge in [-0.2, -0.15) is 0 Å². The molecule has 250 valence electrons. The fourth-order valence-electron chi connectivity index (χ4n) is 9.46. The number of rotatable bonds is 4. The van der Waals surface area contributed by atoms with Gasteiger partial charge in [-0.25, -0.2) is 0 Å². The molecular formula is C51H36N2. The van der Waals surface area contributed by atoms with E-state index >= 15 is 0 Å². The highest BCUT2D eigenvalue weighted by molar-refractivity contribution is 6.25. The Balaban J connectivity index is 1.12. The SMILES string of the molecule is CC1(c2ccccc2)c2c(ccc3c4ccccc4n(-c4ccc(-c5ccc6c7ccccc7c7ccccc7c6c5)cc4)c23)NC1c1ccccc1. The first-order valence-electron chi connectivity index (χ1n) is 18.6. The van der Waals surface area contributed by atoms with E-state index in [2.05, 4.69) is 205 Å². The molecule has 2 heteroatoms. The zero-order chi connectivity index (χ0) is 35.1. The summed E-state index contributed by atoms with van der Waals surface area (Å²) in [6.45, 7) is 2.43. The molecule has 0 saturated carbocycles. The lowest BCUT2D eigenvalue weighted by Crippen LogP contribution is -2.30. The Labute approximate surface area is 308 Å². The van der Waals surface area contributed by atoms with E-state index in [1.807, 2.05) is 0 Å². The number of fused-ring (bicyclic) bond motifs is 11. The maximum absolute atomic E-state index is 4.01. The third kappa shape index (κ3) is 4.33. The number of hydrogen-bond donors (Lipinski definition) is 1. The molecule has 2 atom stereocenters. The van der Waals surface area contributed by atoms with Crippen LogP contribution >= 0.6 is 0 Å². The molecule has 0 bridgehead atoms. The van der Waals surface area contributed by atoms with Crippen molar-refractivity contribution in [3.63, 3.8) is 0 Å². The Kier molecular flexibility index (Phi) is 6.48. The summed E-state index contributed by atoms with van der Waals surface area (Å²) < 4.78 is 2.50. The van der Waals surface area contributed by atoms with E-state index in [1.54, 1.807) is 0 Å². The summed E-state index contributed by atoms with van der Waals surface area (Å²) in [5.41, 5.74) is 10.8. The summed E-state index contributed by atoms with van der Waals surface area (Å²) in [6.07, 6.45) is 0. The minimum Gasteiger partial charge on any atom is -0.377 e. The highest BCUT2D eigenvalue weighted by Crippen LogP contribution is 2.56. The van der Waals surface area contributed by atoms with Gasteiger partial charge in [0.1, 0.15) is 0 Å². The largest absolute Gasteiger partial charge is 0.377 e. The van der Waals surface area contributed by atoms with Crippen LogP contribution in [0.1, 0.15) is 29.7 Å². The van der Waals surface area contributed by atoms with Crippen molar-refractivity contribution in [2.75, 3.05) is 5.32 Å². The quantitative estimate of drug-likeness (QED) is 0.184. The first-order valence-corrected chi connectivity index (χ1v) is 18.6. The van der Waals surface area contributed by atoms with Crippen molar-refractivity contribution in [1.82, 2.24) is 4.57 Å². The van der Waals surface area contributed by atoms with Crippen molar-refractivity contribution in [3.8, 4) is 16.8 Å². The molecule has 0 saturated heterocycles. The van der Waals surface area contributed by atoms with E-state index in [4.69, 9.17) is 0 Å². The highest BCUT2D eigenvalue weighted by atomic mass is 15.0. The molecule has 0 fully saturated rings. The van der Waals surface area contributed by atoms with E-state index < -0.39 is 0 Å². The van der Waals surface area contributed by atoms with Crippen LogP contribution < -0.4 is 5.32 Å². The maximum atomic E-state index is 4.01. The zero-order valence-corrected chi connectivity index (χ0v) is 29.4. The van der Waals surface area contributed by atoms with Gasteiger partial charge in [0.25, 0.3) is 0 Å². The average Bonchev–Trinajstić information content (AvgIpc) is 3.74. The summed E-state index contributed by atoms with van der Waals surface area (Å²) in [5.74, 6) is 0. The number of nitrogens with zero attached hydrogens (tertiary/aromatic N) is 1. The summed E-state index contributed by atoms with van der Waals surface area (Å²) in [5, 5.41) is 14.3. The predicted molar refractivity (Wildman–Crippen MR) is 224 cm³/mol. The van der Waals surface area contributed by atoms with Gasteiger partial charge in [0.05, 0.1) is 17.1 Å². The molecule has 1 N–H and O–H groups in total. The Hall–Kier alpha value is -6.64. The van der Waals surface area contributed by atoms with Gasteiger partial charge in [0.15, 0.2) is 0 Å². The lowest BCUT2D eigenvalue weighted by atomic mass is 9.70. The lowest BCUT2D eigenvalue weighted by Gasteiger charge is -2.34. The molecule has 53 heavy (non-hydrogen) atoms. The Morgan fingerprint density at radius 2 is 0.981 bits per heavy atom. The second kappa shape index (κ2) is 11.4. The molecule has 9 aromatic carbocycles. The smallest absolute Gasteiger partial charge is 0.0650 e. The number of anilines is 1. The van der Waals surface area contributed by atoms with Gasteiger partial charge in [0.2, 0.25) is 0 Å². The summed E-state index contributed by atoms with van der Waals surface area (Å²) in [7, 11) is 0. The molecular weight excluding hydrogens is 641 g/mol. The normalized spacial score (nSPS) is 16.8. The first kappa shape index (κ1) is 30.0. The third-order valence-electron chi connectivity index (χ3n) is 11.9. The molecule has 1 aliphatic rings. The molecule has 11 rings (SSSR count). The maximum Gasteiger partial charge on any atom is 0.0650 e. The van der Waals surface area contributed by atoms with E-state index in [-0.39, 0.29) is 11.5 Å². The summed E-state index contributed by atoms with van der Waals surface area (Å²) in [6, 6.07) is 69.3.